The average molecular weight is 337 g/mol. The third-order valence-corrected chi connectivity index (χ3v) is 4.42. The van der Waals surface area contributed by atoms with Gasteiger partial charge in [0.2, 0.25) is 0 Å². The van der Waals surface area contributed by atoms with Crippen molar-refractivity contribution in [3.8, 4) is 0 Å². The van der Waals surface area contributed by atoms with Crippen molar-refractivity contribution in [3.05, 3.63) is 84.7 Å². The molecule has 0 unspecified atom stereocenters. The third-order valence-electron chi connectivity index (χ3n) is 4.42. The van der Waals surface area contributed by atoms with Crippen LogP contribution in [-0.2, 0) is 0 Å². The van der Waals surface area contributed by atoms with Crippen LogP contribution in [0.5, 0.6) is 0 Å². The van der Waals surface area contributed by atoms with Crippen molar-refractivity contribution < 1.29 is 0 Å². The molecule has 124 valence electrons. The Morgan fingerprint density at radius 1 is 0.846 bits per heavy atom. The van der Waals surface area contributed by atoms with Gasteiger partial charge in [-0.2, -0.15) is 5.10 Å². The topological polar surface area (TPSA) is 54.6 Å². The van der Waals surface area contributed by atoms with Gasteiger partial charge >= 0.3 is 0 Å². The maximum atomic E-state index is 4.71. The summed E-state index contributed by atoms with van der Waals surface area (Å²) in [4.78, 5) is 9.09. The molecule has 2 aromatic carbocycles. The van der Waals surface area contributed by atoms with Gasteiger partial charge in [-0.3, -0.25) is 10.4 Å². The van der Waals surface area contributed by atoms with Gasteiger partial charge in [-0.1, -0.05) is 30.3 Å². The number of benzene rings is 2. The van der Waals surface area contributed by atoms with Gasteiger partial charge in [0, 0.05) is 23.3 Å². The molecule has 3 aromatic heterocycles. The van der Waals surface area contributed by atoms with Crippen LogP contribution in [0.25, 0.3) is 27.5 Å². The van der Waals surface area contributed by atoms with E-state index in [-0.39, 0.29) is 0 Å². The molecule has 0 aliphatic heterocycles. The summed E-state index contributed by atoms with van der Waals surface area (Å²) in [6.07, 6.45) is 5.63. The largest absolute Gasteiger partial charge is 0.312 e. The van der Waals surface area contributed by atoms with Crippen LogP contribution in [0.15, 0.2) is 84.2 Å². The molecule has 0 saturated carbocycles. The smallest absolute Gasteiger partial charge is 0.171 e. The molecule has 5 aromatic rings. The number of fused-ring (bicyclic) bond motifs is 4. The van der Waals surface area contributed by atoms with Crippen molar-refractivity contribution in [2.24, 2.45) is 5.10 Å². The number of pyridine rings is 1. The minimum atomic E-state index is 0.725. The summed E-state index contributed by atoms with van der Waals surface area (Å²) < 4.78 is 2.11. The lowest BCUT2D eigenvalue weighted by atomic mass is 10.1. The molecule has 5 heteroatoms. The minimum absolute atomic E-state index is 0.725. The lowest BCUT2D eigenvalue weighted by Crippen LogP contribution is -1.99. The Kier molecular flexibility index (Phi) is 3.35. The Morgan fingerprint density at radius 3 is 2.62 bits per heavy atom. The van der Waals surface area contributed by atoms with E-state index in [4.69, 9.17) is 4.98 Å². The number of nitrogens with zero attached hydrogens (tertiary/aromatic N) is 4. The maximum absolute atomic E-state index is 4.71. The van der Waals surface area contributed by atoms with Crippen LogP contribution in [0.4, 0.5) is 5.82 Å². The fourth-order valence-corrected chi connectivity index (χ4v) is 3.20. The molecule has 0 aliphatic rings. The van der Waals surface area contributed by atoms with Crippen LogP contribution in [0.3, 0.4) is 0 Å². The number of hydrogen-bond acceptors (Lipinski definition) is 4. The fraction of sp³-hybridized carbons (Fsp3) is 0. The third kappa shape index (κ3) is 2.38. The van der Waals surface area contributed by atoms with Crippen molar-refractivity contribution in [1.82, 2.24) is 14.4 Å². The van der Waals surface area contributed by atoms with Gasteiger partial charge in [0.1, 0.15) is 0 Å². The number of rotatable bonds is 3. The lowest BCUT2D eigenvalue weighted by molar-refractivity contribution is 1.19. The van der Waals surface area contributed by atoms with Crippen molar-refractivity contribution in [1.29, 1.82) is 0 Å². The highest BCUT2D eigenvalue weighted by molar-refractivity contribution is 5.98. The van der Waals surface area contributed by atoms with E-state index in [0.717, 1.165) is 38.8 Å². The highest BCUT2D eigenvalue weighted by Gasteiger charge is 2.06. The zero-order valence-electron chi connectivity index (χ0n) is 13.9. The molecule has 3 heterocycles. The Bertz CT molecular complexity index is 1260. The molecule has 0 amide bonds. The Labute approximate surface area is 149 Å². The summed E-state index contributed by atoms with van der Waals surface area (Å²) >= 11 is 0. The predicted molar refractivity (Wildman–Crippen MR) is 106 cm³/mol. The first-order valence-electron chi connectivity index (χ1n) is 8.39. The number of para-hydroxylation sites is 3. The van der Waals surface area contributed by atoms with Gasteiger partial charge in [-0.25, -0.2) is 4.98 Å². The molecule has 0 aliphatic carbocycles. The summed E-state index contributed by atoms with van der Waals surface area (Å²) in [5.74, 6) is 0.725. The van der Waals surface area contributed by atoms with Gasteiger partial charge in [0.05, 0.1) is 28.3 Å². The standard InChI is InChI=1S/C21H15N5/c1-2-7-17-16(6-1)15(11-12-22-17)14-23-25-21-20-10-5-13-26(20)19-9-4-3-8-18(19)24-21/h1-14H,(H,24,25)/b23-14+. The zero-order chi connectivity index (χ0) is 17.3. The van der Waals surface area contributed by atoms with Gasteiger partial charge in [0.25, 0.3) is 0 Å². The molecule has 0 radical (unpaired) electrons. The van der Waals surface area contributed by atoms with E-state index in [1.54, 1.807) is 12.4 Å². The van der Waals surface area contributed by atoms with Gasteiger partial charge in [-0.15, -0.1) is 0 Å². The summed E-state index contributed by atoms with van der Waals surface area (Å²) in [5, 5.41) is 5.49. The van der Waals surface area contributed by atoms with E-state index in [2.05, 4.69) is 26.0 Å². The van der Waals surface area contributed by atoms with Crippen LogP contribution in [0, 0.1) is 0 Å². The van der Waals surface area contributed by atoms with Gasteiger partial charge in [0.15, 0.2) is 5.82 Å². The first kappa shape index (κ1) is 14.6. The molecule has 5 rings (SSSR count). The molecular weight excluding hydrogens is 322 g/mol. The molecule has 0 bridgehead atoms. The average Bonchev–Trinajstić information content (AvgIpc) is 3.19. The number of hydrogen-bond donors (Lipinski definition) is 1. The van der Waals surface area contributed by atoms with E-state index in [9.17, 15) is 0 Å². The molecule has 1 N–H and O–H groups in total. The maximum Gasteiger partial charge on any atom is 0.171 e. The van der Waals surface area contributed by atoms with E-state index in [1.807, 2.05) is 66.9 Å². The Hall–Kier alpha value is -3.73. The summed E-state index contributed by atoms with van der Waals surface area (Å²) in [6.45, 7) is 0. The predicted octanol–water partition coefficient (Wildman–Crippen LogP) is 4.48. The van der Waals surface area contributed by atoms with Crippen molar-refractivity contribution in [2.75, 3.05) is 5.43 Å². The monoisotopic (exact) mass is 337 g/mol. The molecular formula is C21H15N5. The lowest BCUT2D eigenvalue weighted by Gasteiger charge is -2.07. The first-order valence-corrected chi connectivity index (χ1v) is 8.39. The fourth-order valence-electron chi connectivity index (χ4n) is 3.20. The van der Waals surface area contributed by atoms with E-state index in [0.29, 0.717) is 0 Å². The second kappa shape index (κ2) is 5.97. The highest BCUT2D eigenvalue weighted by atomic mass is 15.3. The molecule has 0 fully saturated rings. The van der Waals surface area contributed by atoms with E-state index in [1.165, 1.54) is 0 Å². The first-order chi connectivity index (χ1) is 12.9. The molecule has 26 heavy (non-hydrogen) atoms. The second-order valence-corrected chi connectivity index (χ2v) is 6.00. The SMILES string of the molecule is C(=N\Nc1nc2ccccc2n2cccc12)/c1ccnc2ccccc12. The van der Waals surface area contributed by atoms with Crippen LogP contribution in [0.2, 0.25) is 0 Å². The molecule has 0 saturated heterocycles. The number of hydrazone groups is 1. The second-order valence-electron chi connectivity index (χ2n) is 6.00. The minimum Gasteiger partial charge on any atom is -0.312 e. The Balaban J connectivity index is 1.55. The summed E-state index contributed by atoms with van der Waals surface area (Å²) in [5.41, 5.74) is 8.04. The zero-order valence-corrected chi connectivity index (χ0v) is 13.9. The van der Waals surface area contributed by atoms with Gasteiger partial charge in [-0.05, 0) is 36.4 Å². The summed E-state index contributed by atoms with van der Waals surface area (Å²) in [7, 11) is 0. The summed E-state index contributed by atoms with van der Waals surface area (Å²) in [6, 6.07) is 22.1. The van der Waals surface area contributed by atoms with Gasteiger partial charge < -0.3 is 4.40 Å². The van der Waals surface area contributed by atoms with Crippen molar-refractivity contribution in [3.63, 3.8) is 0 Å². The van der Waals surface area contributed by atoms with Crippen LogP contribution in [0.1, 0.15) is 5.56 Å². The van der Waals surface area contributed by atoms with E-state index < -0.39 is 0 Å². The van der Waals surface area contributed by atoms with Crippen LogP contribution < -0.4 is 5.43 Å². The normalized spacial score (nSPS) is 11.7. The molecule has 5 nitrogen and oxygen atoms in total. The number of nitrogens with one attached hydrogen (secondary N) is 1. The molecule has 0 atom stereocenters. The quantitative estimate of drug-likeness (QED) is 0.390. The van der Waals surface area contributed by atoms with Crippen LogP contribution >= 0.6 is 0 Å². The van der Waals surface area contributed by atoms with Crippen molar-refractivity contribution in [2.45, 2.75) is 0 Å². The Morgan fingerprint density at radius 2 is 1.65 bits per heavy atom. The van der Waals surface area contributed by atoms with Crippen molar-refractivity contribution >= 4 is 39.5 Å². The van der Waals surface area contributed by atoms with Crippen LogP contribution in [-0.4, -0.2) is 20.6 Å². The van der Waals surface area contributed by atoms with E-state index >= 15 is 0 Å². The highest BCUT2D eigenvalue weighted by Crippen LogP contribution is 2.22. The number of aromatic nitrogens is 3. The molecule has 0 spiro atoms. The number of anilines is 1.